The van der Waals surface area contributed by atoms with Crippen LogP contribution >= 0.6 is 0 Å². The molecule has 0 aromatic heterocycles. The Morgan fingerprint density at radius 2 is 1.62 bits per heavy atom. The minimum atomic E-state index is -3.54. The molecule has 0 saturated carbocycles. The van der Waals surface area contributed by atoms with E-state index in [1.165, 1.54) is 4.31 Å². The van der Waals surface area contributed by atoms with Gasteiger partial charge in [0.05, 0.1) is 22.2 Å². The fourth-order valence-corrected chi connectivity index (χ4v) is 7.22. The molecule has 0 radical (unpaired) electrons. The highest BCUT2D eigenvalue weighted by Gasteiger charge is 2.35. The third-order valence-corrected chi connectivity index (χ3v) is 8.86. The average Bonchev–Trinajstić information content (AvgIpc) is 3.14. The van der Waals surface area contributed by atoms with Gasteiger partial charge in [0.2, 0.25) is 10.0 Å². The van der Waals surface area contributed by atoms with E-state index in [0.717, 1.165) is 11.1 Å². The van der Waals surface area contributed by atoms with Crippen LogP contribution in [0.15, 0.2) is 76.5 Å². The van der Waals surface area contributed by atoms with Gasteiger partial charge in [-0.05, 0) is 54.8 Å². The van der Waals surface area contributed by atoms with E-state index in [4.69, 9.17) is 9.47 Å². The predicted octanol–water partition coefficient (Wildman–Crippen LogP) is 3.91. The van der Waals surface area contributed by atoms with Crippen molar-refractivity contribution in [1.82, 2.24) is 0 Å². The Morgan fingerprint density at radius 3 is 2.41 bits per heavy atom. The fraction of sp³-hybridized carbons (Fsp3) is 0.250. The van der Waals surface area contributed by atoms with Gasteiger partial charge >= 0.3 is 0 Å². The van der Waals surface area contributed by atoms with Crippen molar-refractivity contribution in [3.8, 4) is 11.5 Å². The van der Waals surface area contributed by atoms with Gasteiger partial charge in [0.25, 0.3) is 0 Å². The average molecular weight is 470 g/mol. The standard InChI is InChI=1S/C24H23NO5S2/c1-17-13-19-14-20(31(26)21-8-10-23-24(15-21)30-12-11-29-23)7-9-22(19)25(17)32(27,28)16-18-5-3-2-4-6-18/h2-10,14-15,17H,11-13,16H2,1H3. The molecule has 2 aliphatic heterocycles. The zero-order valence-electron chi connectivity index (χ0n) is 17.6. The molecule has 5 rings (SSSR count). The van der Waals surface area contributed by atoms with Crippen LogP contribution in [0.3, 0.4) is 0 Å². The normalized spacial score (nSPS) is 18.3. The monoisotopic (exact) mass is 469 g/mol. The van der Waals surface area contributed by atoms with E-state index in [0.29, 0.717) is 46.6 Å². The van der Waals surface area contributed by atoms with Crippen molar-refractivity contribution >= 4 is 26.5 Å². The van der Waals surface area contributed by atoms with Crippen molar-refractivity contribution in [3.05, 3.63) is 77.9 Å². The van der Waals surface area contributed by atoms with Crippen molar-refractivity contribution in [2.45, 2.75) is 34.9 Å². The van der Waals surface area contributed by atoms with Gasteiger partial charge < -0.3 is 9.47 Å². The van der Waals surface area contributed by atoms with E-state index in [-0.39, 0.29) is 11.8 Å². The van der Waals surface area contributed by atoms with Crippen LogP contribution in [0, 0.1) is 0 Å². The number of sulfonamides is 1. The number of rotatable bonds is 5. The first-order valence-electron chi connectivity index (χ1n) is 10.4. The van der Waals surface area contributed by atoms with Crippen LogP contribution in [-0.4, -0.2) is 31.9 Å². The molecule has 8 heteroatoms. The van der Waals surface area contributed by atoms with E-state index < -0.39 is 20.8 Å². The van der Waals surface area contributed by atoms with Crippen molar-refractivity contribution in [3.63, 3.8) is 0 Å². The SMILES string of the molecule is CC1Cc2cc(S(=O)c3ccc4c(c3)OCCO4)ccc2N1S(=O)(=O)Cc1ccccc1. The summed E-state index contributed by atoms with van der Waals surface area (Å²) in [6.45, 7) is 2.87. The number of anilines is 1. The molecule has 0 saturated heterocycles. The molecule has 2 aliphatic rings. The second kappa shape index (κ2) is 8.26. The van der Waals surface area contributed by atoms with Gasteiger partial charge in [-0.15, -0.1) is 0 Å². The lowest BCUT2D eigenvalue weighted by atomic mass is 10.1. The summed E-state index contributed by atoms with van der Waals surface area (Å²) in [5.41, 5.74) is 2.30. The number of ether oxygens (including phenoxy) is 2. The van der Waals surface area contributed by atoms with Gasteiger partial charge in [0.15, 0.2) is 11.5 Å². The Balaban J connectivity index is 1.43. The van der Waals surface area contributed by atoms with Gasteiger partial charge in [0.1, 0.15) is 13.2 Å². The molecule has 0 fully saturated rings. The Labute approximate surface area is 190 Å². The number of hydrogen-bond acceptors (Lipinski definition) is 5. The summed E-state index contributed by atoms with van der Waals surface area (Å²) in [5.74, 6) is 1.19. The Hall–Kier alpha value is -2.84. The Bertz CT molecular complexity index is 1290. The summed E-state index contributed by atoms with van der Waals surface area (Å²) < 4.78 is 52.2. The summed E-state index contributed by atoms with van der Waals surface area (Å²) in [6, 6.07) is 19.7. The van der Waals surface area contributed by atoms with Crippen LogP contribution in [0.25, 0.3) is 0 Å². The summed E-state index contributed by atoms with van der Waals surface area (Å²) in [7, 11) is -4.96. The molecule has 32 heavy (non-hydrogen) atoms. The molecule has 3 aromatic rings. The number of fused-ring (bicyclic) bond motifs is 2. The fourth-order valence-electron chi connectivity index (χ4n) is 4.25. The van der Waals surface area contributed by atoms with Crippen LogP contribution in [-0.2, 0) is 33.0 Å². The maximum absolute atomic E-state index is 13.2. The molecule has 0 aliphatic carbocycles. The van der Waals surface area contributed by atoms with Crippen LogP contribution in [0.2, 0.25) is 0 Å². The van der Waals surface area contributed by atoms with Crippen molar-refractivity contribution < 1.29 is 22.1 Å². The second-order valence-corrected chi connectivity index (χ2v) is 11.3. The molecule has 3 aromatic carbocycles. The summed E-state index contributed by atoms with van der Waals surface area (Å²) >= 11 is 0. The lowest BCUT2D eigenvalue weighted by Gasteiger charge is -2.24. The van der Waals surface area contributed by atoms with Gasteiger partial charge in [-0.3, -0.25) is 4.31 Å². The van der Waals surface area contributed by atoms with Crippen LogP contribution < -0.4 is 13.8 Å². The first-order valence-corrected chi connectivity index (χ1v) is 13.2. The van der Waals surface area contributed by atoms with E-state index in [2.05, 4.69) is 0 Å². The molecular weight excluding hydrogens is 446 g/mol. The molecule has 0 spiro atoms. The van der Waals surface area contributed by atoms with Crippen molar-refractivity contribution in [1.29, 1.82) is 0 Å². The molecule has 166 valence electrons. The van der Waals surface area contributed by atoms with Gasteiger partial charge in [0, 0.05) is 21.9 Å². The topological polar surface area (TPSA) is 72.9 Å². The highest BCUT2D eigenvalue weighted by molar-refractivity contribution is 7.92. The predicted molar refractivity (Wildman–Crippen MR) is 123 cm³/mol. The third-order valence-electron chi connectivity index (χ3n) is 5.64. The summed E-state index contributed by atoms with van der Waals surface area (Å²) in [4.78, 5) is 1.25. The molecular formula is C24H23NO5S2. The highest BCUT2D eigenvalue weighted by atomic mass is 32.2. The lowest BCUT2D eigenvalue weighted by molar-refractivity contribution is 0.171. The van der Waals surface area contributed by atoms with Crippen LogP contribution in [0.5, 0.6) is 11.5 Å². The first kappa shape index (κ1) is 21.0. The van der Waals surface area contributed by atoms with E-state index in [1.54, 1.807) is 30.3 Å². The molecule has 2 atom stereocenters. The van der Waals surface area contributed by atoms with Crippen LogP contribution in [0.4, 0.5) is 5.69 Å². The molecule has 6 nitrogen and oxygen atoms in total. The van der Waals surface area contributed by atoms with E-state index >= 15 is 0 Å². The van der Waals surface area contributed by atoms with Gasteiger partial charge in [-0.25, -0.2) is 12.6 Å². The highest BCUT2D eigenvalue weighted by Crippen LogP contribution is 2.38. The molecule has 2 unspecified atom stereocenters. The molecule has 2 heterocycles. The minimum absolute atomic E-state index is 0.0531. The molecule has 0 N–H and O–H groups in total. The van der Waals surface area contributed by atoms with Gasteiger partial charge in [-0.1, -0.05) is 30.3 Å². The summed E-state index contributed by atoms with van der Waals surface area (Å²) in [6.07, 6.45) is 0.579. The minimum Gasteiger partial charge on any atom is -0.486 e. The lowest BCUT2D eigenvalue weighted by Crippen LogP contribution is -2.36. The van der Waals surface area contributed by atoms with Crippen LogP contribution in [0.1, 0.15) is 18.1 Å². The second-order valence-electron chi connectivity index (χ2n) is 7.96. The van der Waals surface area contributed by atoms with E-state index in [9.17, 15) is 12.6 Å². The van der Waals surface area contributed by atoms with Crippen molar-refractivity contribution in [2.75, 3.05) is 17.5 Å². The maximum atomic E-state index is 13.2. The quantitative estimate of drug-likeness (QED) is 0.567. The Morgan fingerprint density at radius 1 is 0.938 bits per heavy atom. The Kier molecular flexibility index (Phi) is 5.43. The zero-order chi connectivity index (χ0) is 22.3. The zero-order valence-corrected chi connectivity index (χ0v) is 19.2. The number of hydrogen-bond donors (Lipinski definition) is 0. The van der Waals surface area contributed by atoms with Gasteiger partial charge in [-0.2, -0.15) is 0 Å². The van der Waals surface area contributed by atoms with Crippen molar-refractivity contribution in [2.24, 2.45) is 0 Å². The first-order chi connectivity index (χ1) is 15.4. The van der Waals surface area contributed by atoms with E-state index in [1.807, 2.05) is 43.3 Å². The summed E-state index contributed by atoms with van der Waals surface area (Å²) in [5, 5.41) is 0. The number of benzene rings is 3. The molecule has 0 amide bonds. The molecule has 0 bridgehead atoms. The number of nitrogens with zero attached hydrogens (tertiary/aromatic N) is 1. The smallest absolute Gasteiger partial charge is 0.239 e. The maximum Gasteiger partial charge on any atom is 0.239 e. The largest absolute Gasteiger partial charge is 0.486 e. The third kappa shape index (κ3) is 3.89.